The molecule has 112 valence electrons. The van der Waals surface area contributed by atoms with Gasteiger partial charge in [-0.2, -0.15) is 0 Å². The summed E-state index contributed by atoms with van der Waals surface area (Å²) in [5.41, 5.74) is -0.808. The van der Waals surface area contributed by atoms with Crippen molar-refractivity contribution in [3.05, 3.63) is 5.82 Å². The molecule has 1 N–H and O–H groups in total. The third-order valence-electron chi connectivity index (χ3n) is 4.19. The van der Waals surface area contributed by atoms with Crippen LogP contribution in [0.1, 0.15) is 38.9 Å². The predicted octanol–water partition coefficient (Wildman–Crippen LogP) is 1.14. The summed E-state index contributed by atoms with van der Waals surface area (Å²) in [4.78, 5) is 11.7. The molecule has 1 aromatic rings. The number of hydrogen-bond acceptors (Lipinski definition) is 5. The molecule has 0 saturated carbocycles. The second-order valence-electron chi connectivity index (χ2n) is 5.67. The molecule has 0 spiro atoms. The molecule has 7 nitrogen and oxygen atoms in total. The van der Waals surface area contributed by atoms with E-state index in [1.807, 2.05) is 0 Å². The zero-order valence-corrected chi connectivity index (χ0v) is 12.1. The molecule has 1 aliphatic heterocycles. The number of carboxylic acids is 1. The van der Waals surface area contributed by atoms with Crippen LogP contribution in [0.25, 0.3) is 0 Å². The van der Waals surface area contributed by atoms with Gasteiger partial charge in [-0.25, -0.2) is 4.68 Å². The Morgan fingerprint density at radius 1 is 1.50 bits per heavy atom. The van der Waals surface area contributed by atoms with E-state index in [1.54, 1.807) is 4.68 Å². The number of aliphatic carboxylic acids is 1. The van der Waals surface area contributed by atoms with Gasteiger partial charge < -0.3 is 9.84 Å². The zero-order valence-electron chi connectivity index (χ0n) is 12.1. The van der Waals surface area contributed by atoms with Gasteiger partial charge in [0, 0.05) is 19.6 Å². The Labute approximate surface area is 118 Å². The first-order valence-corrected chi connectivity index (χ1v) is 7.13. The van der Waals surface area contributed by atoms with E-state index in [4.69, 9.17) is 4.74 Å². The predicted molar refractivity (Wildman–Crippen MR) is 71.1 cm³/mol. The van der Waals surface area contributed by atoms with Crippen LogP contribution in [0.4, 0.5) is 0 Å². The first kappa shape index (κ1) is 14.9. The number of carbonyl (C=O) groups is 1. The minimum Gasteiger partial charge on any atom is -0.481 e. The summed E-state index contributed by atoms with van der Waals surface area (Å²) in [6.07, 6.45) is 2.83. The highest BCUT2D eigenvalue weighted by atomic mass is 16.5. The van der Waals surface area contributed by atoms with Crippen molar-refractivity contribution in [2.45, 2.75) is 46.1 Å². The molecule has 1 aromatic heterocycles. The van der Waals surface area contributed by atoms with Crippen molar-refractivity contribution >= 4 is 5.97 Å². The number of carboxylic acid groups (broad SMARTS) is 1. The molecule has 20 heavy (non-hydrogen) atoms. The number of nitrogens with zero attached hydrogens (tertiary/aromatic N) is 4. The van der Waals surface area contributed by atoms with E-state index < -0.39 is 11.4 Å². The number of tetrazole rings is 1. The van der Waals surface area contributed by atoms with Crippen molar-refractivity contribution in [1.29, 1.82) is 0 Å². The highest BCUT2D eigenvalue weighted by Gasteiger charge is 2.41. The Balaban J connectivity index is 2.15. The van der Waals surface area contributed by atoms with Gasteiger partial charge in [0.2, 0.25) is 0 Å². The molecule has 0 aromatic carbocycles. The highest BCUT2D eigenvalue weighted by Crippen LogP contribution is 2.33. The molecule has 1 unspecified atom stereocenters. The van der Waals surface area contributed by atoms with Gasteiger partial charge in [-0.1, -0.05) is 20.3 Å². The van der Waals surface area contributed by atoms with E-state index in [9.17, 15) is 9.90 Å². The van der Waals surface area contributed by atoms with Crippen LogP contribution in [0.3, 0.4) is 0 Å². The lowest BCUT2D eigenvalue weighted by molar-refractivity contribution is -0.156. The van der Waals surface area contributed by atoms with Gasteiger partial charge in [0.05, 0.1) is 12.0 Å². The van der Waals surface area contributed by atoms with Crippen LogP contribution in [0.5, 0.6) is 0 Å². The third kappa shape index (κ3) is 3.15. The fourth-order valence-corrected chi connectivity index (χ4v) is 2.44. The average Bonchev–Trinajstić information content (AvgIpc) is 2.86. The normalized spacial score (nSPS) is 19.7. The standard InChI is InChI=1S/C13H22N4O3/c1-3-10(2)8-11-14-15-16-17(11)9-13(12(18)19)4-6-20-7-5-13/h10H,3-9H2,1-2H3,(H,18,19). The third-order valence-corrected chi connectivity index (χ3v) is 4.19. The fraction of sp³-hybridized carbons (Fsp3) is 0.846. The summed E-state index contributed by atoms with van der Waals surface area (Å²) < 4.78 is 6.94. The van der Waals surface area contributed by atoms with Gasteiger partial charge >= 0.3 is 5.97 Å². The van der Waals surface area contributed by atoms with E-state index in [0.29, 0.717) is 38.5 Å². The molecule has 0 bridgehead atoms. The molecule has 2 rings (SSSR count). The number of aromatic nitrogens is 4. The lowest BCUT2D eigenvalue weighted by atomic mass is 9.80. The van der Waals surface area contributed by atoms with Crippen molar-refractivity contribution in [2.24, 2.45) is 11.3 Å². The van der Waals surface area contributed by atoms with Gasteiger partial charge in [0.25, 0.3) is 0 Å². The molecule has 0 radical (unpaired) electrons. The second kappa shape index (κ2) is 6.30. The van der Waals surface area contributed by atoms with E-state index in [1.165, 1.54) is 0 Å². The van der Waals surface area contributed by atoms with Gasteiger partial charge in [-0.05, 0) is 29.2 Å². The number of rotatable bonds is 6. The smallest absolute Gasteiger partial charge is 0.311 e. The van der Waals surface area contributed by atoms with Crippen molar-refractivity contribution < 1.29 is 14.6 Å². The number of hydrogen-bond donors (Lipinski definition) is 1. The van der Waals surface area contributed by atoms with E-state index in [-0.39, 0.29) is 0 Å². The Kier molecular flexibility index (Phi) is 4.69. The summed E-state index contributed by atoms with van der Waals surface area (Å²) in [5.74, 6) is 0.465. The quantitative estimate of drug-likeness (QED) is 0.841. The summed E-state index contributed by atoms with van der Waals surface area (Å²) in [7, 11) is 0. The van der Waals surface area contributed by atoms with Crippen LogP contribution in [0.15, 0.2) is 0 Å². The Bertz CT molecular complexity index is 454. The van der Waals surface area contributed by atoms with Crippen LogP contribution in [-0.2, 0) is 22.5 Å². The van der Waals surface area contributed by atoms with Gasteiger partial charge in [-0.3, -0.25) is 4.79 Å². The number of ether oxygens (including phenoxy) is 1. The van der Waals surface area contributed by atoms with Crippen molar-refractivity contribution in [2.75, 3.05) is 13.2 Å². The van der Waals surface area contributed by atoms with E-state index in [2.05, 4.69) is 29.4 Å². The molecule has 2 heterocycles. The summed E-state index contributed by atoms with van der Waals surface area (Å²) >= 11 is 0. The van der Waals surface area contributed by atoms with Crippen molar-refractivity contribution in [3.63, 3.8) is 0 Å². The van der Waals surface area contributed by atoms with Crippen molar-refractivity contribution in [3.8, 4) is 0 Å². The van der Waals surface area contributed by atoms with Gasteiger partial charge in [0.1, 0.15) is 0 Å². The molecule has 7 heteroatoms. The van der Waals surface area contributed by atoms with E-state index in [0.717, 1.165) is 18.7 Å². The minimum atomic E-state index is -0.808. The molecule has 0 amide bonds. The SMILES string of the molecule is CCC(C)Cc1nnnn1CC1(C(=O)O)CCOCC1. The second-order valence-corrected chi connectivity index (χ2v) is 5.67. The maximum atomic E-state index is 11.7. The van der Waals surface area contributed by atoms with Crippen LogP contribution in [0.2, 0.25) is 0 Å². The maximum absolute atomic E-state index is 11.7. The molecule has 0 aliphatic carbocycles. The van der Waals surface area contributed by atoms with Crippen LogP contribution in [0, 0.1) is 11.3 Å². The Morgan fingerprint density at radius 2 is 2.20 bits per heavy atom. The topological polar surface area (TPSA) is 90.1 Å². The monoisotopic (exact) mass is 282 g/mol. The first-order chi connectivity index (χ1) is 9.57. The van der Waals surface area contributed by atoms with Gasteiger partial charge in [-0.15, -0.1) is 5.10 Å². The zero-order chi connectivity index (χ0) is 14.6. The lowest BCUT2D eigenvalue weighted by Crippen LogP contribution is -2.41. The summed E-state index contributed by atoms with van der Waals surface area (Å²) in [6.45, 7) is 5.55. The van der Waals surface area contributed by atoms with Gasteiger partial charge in [0.15, 0.2) is 5.82 Å². The average molecular weight is 282 g/mol. The van der Waals surface area contributed by atoms with Crippen LogP contribution < -0.4 is 0 Å². The molecule has 1 fully saturated rings. The summed E-state index contributed by atoms with van der Waals surface area (Å²) in [6, 6.07) is 0. The molecule has 1 saturated heterocycles. The lowest BCUT2D eigenvalue weighted by Gasteiger charge is -2.32. The Hall–Kier alpha value is -1.50. The van der Waals surface area contributed by atoms with E-state index >= 15 is 0 Å². The highest BCUT2D eigenvalue weighted by molar-refractivity contribution is 5.74. The fourth-order valence-electron chi connectivity index (χ4n) is 2.44. The van der Waals surface area contributed by atoms with Crippen LogP contribution in [-0.4, -0.2) is 44.5 Å². The Morgan fingerprint density at radius 3 is 2.80 bits per heavy atom. The molecular formula is C13H22N4O3. The van der Waals surface area contributed by atoms with Crippen molar-refractivity contribution in [1.82, 2.24) is 20.2 Å². The largest absolute Gasteiger partial charge is 0.481 e. The molecule has 1 atom stereocenters. The molecular weight excluding hydrogens is 260 g/mol. The maximum Gasteiger partial charge on any atom is 0.311 e. The molecule has 1 aliphatic rings. The summed E-state index contributed by atoms with van der Waals surface area (Å²) in [5, 5.41) is 21.3. The first-order valence-electron chi connectivity index (χ1n) is 7.13. The van der Waals surface area contributed by atoms with Crippen LogP contribution >= 0.6 is 0 Å². The minimum absolute atomic E-state index is 0.324.